The number of para-hydroxylation sites is 1. The predicted octanol–water partition coefficient (Wildman–Crippen LogP) is 2.32. The SMILES string of the molecule is [CH2]c1nc2c(C)cccc2o1. The van der Waals surface area contributed by atoms with Crippen molar-refractivity contribution in [3.8, 4) is 0 Å². The minimum Gasteiger partial charge on any atom is -0.441 e. The summed E-state index contributed by atoms with van der Waals surface area (Å²) in [6, 6.07) is 5.84. The summed E-state index contributed by atoms with van der Waals surface area (Å²) < 4.78 is 5.23. The topological polar surface area (TPSA) is 26.0 Å². The Hall–Kier alpha value is -1.31. The number of hydrogen-bond acceptors (Lipinski definition) is 2. The highest BCUT2D eigenvalue weighted by Gasteiger charge is 2.02. The number of fused-ring (bicyclic) bond motifs is 1. The predicted molar refractivity (Wildman–Crippen MR) is 43.2 cm³/mol. The summed E-state index contributed by atoms with van der Waals surface area (Å²) in [5, 5.41) is 0. The van der Waals surface area contributed by atoms with Crippen LogP contribution in [0.2, 0.25) is 0 Å². The van der Waals surface area contributed by atoms with Gasteiger partial charge in [-0.25, -0.2) is 4.98 Å². The highest BCUT2D eigenvalue weighted by Crippen LogP contribution is 2.17. The zero-order valence-electron chi connectivity index (χ0n) is 6.29. The molecule has 0 saturated heterocycles. The number of rotatable bonds is 0. The molecule has 0 spiro atoms. The fourth-order valence-corrected chi connectivity index (χ4v) is 1.13. The first kappa shape index (κ1) is 6.40. The molecule has 0 bridgehead atoms. The van der Waals surface area contributed by atoms with Crippen LogP contribution in [0, 0.1) is 13.8 Å². The van der Waals surface area contributed by atoms with Crippen molar-refractivity contribution in [2.24, 2.45) is 0 Å². The first-order valence-corrected chi connectivity index (χ1v) is 3.45. The van der Waals surface area contributed by atoms with Gasteiger partial charge < -0.3 is 4.42 Å². The summed E-state index contributed by atoms with van der Waals surface area (Å²) in [5.41, 5.74) is 2.86. The Balaban J connectivity index is 2.90. The molecular weight excluding hydrogens is 138 g/mol. The lowest BCUT2D eigenvalue weighted by molar-refractivity contribution is 0.579. The van der Waals surface area contributed by atoms with Crippen LogP contribution in [0.15, 0.2) is 22.6 Å². The lowest BCUT2D eigenvalue weighted by Gasteiger charge is -1.88. The molecule has 1 radical (unpaired) electrons. The maximum Gasteiger partial charge on any atom is 0.195 e. The van der Waals surface area contributed by atoms with Crippen molar-refractivity contribution in [2.75, 3.05) is 0 Å². The van der Waals surface area contributed by atoms with Crippen LogP contribution < -0.4 is 0 Å². The number of nitrogens with zero attached hydrogens (tertiary/aromatic N) is 1. The molecule has 0 fully saturated rings. The molecule has 2 heteroatoms. The Bertz CT molecular complexity index is 389. The average Bonchev–Trinajstić information content (AvgIpc) is 2.31. The molecule has 0 unspecified atom stereocenters. The minimum absolute atomic E-state index is 0.481. The first-order chi connectivity index (χ1) is 5.27. The van der Waals surface area contributed by atoms with E-state index >= 15 is 0 Å². The van der Waals surface area contributed by atoms with E-state index in [4.69, 9.17) is 4.42 Å². The summed E-state index contributed by atoms with van der Waals surface area (Å²) in [5.74, 6) is 0.481. The molecular formula is C9H8NO. The summed E-state index contributed by atoms with van der Waals surface area (Å²) >= 11 is 0. The molecule has 2 nitrogen and oxygen atoms in total. The lowest BCUT2D eigenvalue weighted by atomic mass is 10.2. The molecule has 11 heavy (non-hydrogen) atoms. The largest absolute Gasteiger partial charge is 0.441 e. The molecule has 2 aromatic rings. The Labute approximate surface area is 64.9 Å². The van der Waals surface area contributed by atoms with Crippen LogP contribution in [-0.4, -0.2) is 4.98 Å². The van der Waals surface area contributed by atoms with E-state index in [1.807, 2.05) is 25.1 Å². The molecule has 0 atom stereocenters. The Morgan fingerprint density at radius 3 is 3.00 bits per heavy atom. The third-order valence-electron chi connectivity index (χ3n) is 1.67. The third-order valence-corrected chi connectivity index (χ3v) is 1.67. The number of aryl methyl sites for hydroxylation is 1. The second-order valence-electron chi connectivity index (χ2n) is 2.53. The van der Waals surface area contributed by atoms with E-state index < -0.39 is 0 Å². The Morgan fingerprint density at radius 2 is 2.27 bits per heavy atom. The monoisotopic (exact) mass is 146 g/mol. The summed E-state index contributed by atoms with van der Waals surface area (Å²) in [6.45, 7) is 5.63. The van der Waals surface area contributed by atoms with Crippen molar-refractivity contribution in [3.63, 3.8) is 0 Å². The van der Waals surface area contributed by atoms with Crippen LogP contribution in [0.5, 0.6) is 0 Å². The van der Waals surface area contributed by atoms with Crippen LogP contribution >= 0.6 is 0 Å². The minimum atomic E-state index is 0.481. The number of aromatic nitrogens is 1. The maximum absolute atomic E-state index is 5.23. The quantitative estimate of drug-likeness (QED) is 0.570. The van der Waals surface area contributed by atoms with E-state index in [1.165, 1.54) is 0 Å². The molecule has 0 aliphatic carbocycles. The van der Waals surface area contributed by atoms with Crippen molar-refractivity contribution in [2.45, 2.75) is 6.92 Å². The van der Waals surface area contributed by atoms with Crippen LogP contribution in [0.3, 0.4) is 0 Å². The molecule has 1 aromatic heterocycles. The van der Waals surface area contributed by atoms with Gasteiger partial charge in [0.2, 0.25) is 0 Å². The Kier molecular flexibility index (Phi) is 1.22. The van der Waals surface area contributed by atoms with Gasteiger partial charge in [-0.05, 0) is 18.6 Å². The number of oxazole rings is 1. The summed E-state index contributed by atoms with van der Waals surface area (Å²) in [4.78, 5) is 4.13. The molecule has 0 N–H and O–H groups in total. The number of benzene rings is 1. The average molecular weight is 146 g/mol. The van der Waals surface area contributed by atoms with Gasteiger partial charge in [0.15, 0.2) is 11.5 Å². The molecule has 0 amide bonds. The molecule has 0 aliphatic rings. The van der Waals surface area contributed by atoms with Gasteiger partial charge in [-0.2, -0.15) is 0 Å². The molecule has 0 saturated carbocycles. The van der Waals surface area contributed by atoms with E-state index in [0.717, 1.165) is 16.7 Å². The van der Waals surface area contributed by atoms with Crippen molar-refractivity contribution in [1.29, 1.82) is 0 Å². The normalized spacial score (nSPS) is 10.7. The second kappa shape index (κ2) is 2.09. The molecule has 1 heterocycles. The smallest absolute Gasteiger partial charge is 0.195 e. The van der Waals surface area contributed by atoms with Crippen molar-refractivity contribution in [1.82, 2.24) is 4.98 Å². The molecule has 2 rings (SSSR count). The van der Waals surface area contributed by atoms with Gasteiger partial charge in [-0.1, -0.05) is 12.1 Å². The highest BCUT2D eigenvalue weighted by molar-refractivity contribution is 5.76. The van der Waals surface area contributed by atoms with Crippen LogP contribution in [0.4, 0.5) is 0 Å². The van der Waals surface area contributed by atoms with E-state index in [1.54, 1.807) is 0 Å². The zero-order valence-corrected chi connectivity index (χ0v) is 6.29. The summed E-state index contributed by atoms with van der Waals surface area (Å²) in [7, 11) is 0. The van der Waals surface area contributed by atoms with E-state index in [2.05, 4.69) is 11.9 Å². The lowest BCUT2D eigenvalue weighted by Crippen LogP contribution is -1.74. The van der Waals surface area contributed by atoms with E-state index in [0.29, 0.717) is 5.89 Å². The van der Waals surface area contributed by atoms with Gasteiger partial charge in [-0.15, -0.1) is 0 Å². The second-order valence-corrected chi connectivity index (χ2v) is 2.53. The fraction of sp³-hybridized carbons (Fsp3) is 0.111. The van der Waals surface area contributed by atoms with Crippen LogP contribution in [-0.2, 0) is 0 Å². The maximum atomic E-state index is 5.23. The zero-order chi connectivity index (χ0) is 7.84. The van der Waals surface area contributed by atoms with Gasteiger partial charge in [0.1, 0.15) is 5.52 Å². The van der Waals surface area contributed by atoms with Crippen molar-refractivity contribution >= 4 is 11.1 Å². The fourth-order valence-electron chi connectivity index (χ4n) is 1.13. The third kappa shape index (κ3) is 0.909. The van der Waals surface area contributed by atoms with Gasteiger partial charge >= 0.3 is 0 Å². The van der Waals surface area contributed by atoms with E-state index in [-0.39, 0.29) is 0 Å². The first-order valence-electron chi connectivity index (χ1n) is 3.45. The number of hydrogen-bond donors (Lipinski definition) is 0. The van der Waals surface area contributed by atoms with Gasteiger partial charge in [-0.3, -0.25) is 0 Å². The van der Waals surface area contributed by atoms with Crippen molar-refractivity contribution in [3.05, 3.63) is 36.6 Å². The van der Waals surface area contributed by atoms with Gasteiger partial charge in [0, 0.05) is 6.92 Å². The molecule has 55 valence electrons. The van der Waals surface area contributed by atoms with Crippen LogP contribution in [0.1, 0.15) is 11.5 Å². The van der Waals surface area contributed by atoms with Gasteiger partial charge in [0.05, 0.1) is 0 Å². The van der Waals surface area contributed by atoms with Gasteiger partial charge in [0.25, 0.3) is 0 Å². The Morgan fingerprint density at radius 1 is 1.45 bits per heavy atom. The van der Waals surface area contributed by atoms with Crippen molar-refractivity contribution < 1.29 is 4.42 Å². The van der Waals surface area contributed by atoms with Crippen LogP contribution in [0.25, 0.3) is 11.1 Å². The summed E-state index contributed by atoms with van der Waals surface area (Å²) in [6.07, 6.45) is 0. The standard InChI is InChI=1S/C9H8NO/c1-6-4-3-5-8-9(6)10-7(2)11-8/h3-5H,2H2,1H3. The molecule has 1 aromatic carbocycles. The molecule has 0 aliphatic heterocycles. The van der Waals surface area contributed by atoms with E-state index in [9.17, 15) is 0 Å². The highest BCUT2D eigenvalue weighted by atomic mass is 16.3.